The van der Waals surface area contributed by atoms with Crippen LogP contribution in [-0.2, 0) is 28.6 Å². The second-order valence-electron chi connectivity index (χ2n) is 17.4. The lowest BCUT2D eigenvalue weighted by Gasteiger charge is -2.34. The Balaban J connectivity index is 4.22. The number of rotatable bonds is 43. The third kappa shape index (κ3) is 37.7. The van der Waals surface area contributed by atoms with E-state index in [0.29, 0.717) is 12.8 Å². The standard InChI is InChI=1S/C47H91NO7/c1-6-8-10-12-14-16-18-20-21-22-23-24-25-26-28-30-32-34-36-38-46(50)55-43(41-53-40-39-44(47(51)52)48(3,4)5)42-54-45(49)37-35-33-31-29-27-19-17-15-13-11-9-7-2/h43-44H,6-42H2,1-5H3. The van der Waals surface area contributed by atoms with Crippen LogP contribution in [-0.4, -0.2) is 75.5 Å². The van der Waals surface area contributed by atoms with Crippen LogP contribution in [0.25, 0.3) is 0 Å². The molecule has 0 radical (unpaired) electrons. The van der Waals surface area contributed by atoms with Gasteiger partial charge >= 0.3 is 11.9 Å². The van der Waals surface area contributed by atoms with Crippen molar-refractivity contribution in [2.75, 3.05) is 41.0 Å². The highest BCUT2D eigenvalue weighted by Crippen LogP contribution is 2.16. The zero-order valence-electron chi connectivity index (χ0n) is 37.1. The average Bonchev–Trinajstić information content (AvgIpc) is 3.14. The highest BCUT2D eigenvalue weighted by molar-refractivity contribution is 5.70. The number of unbranched alkanes of at least 4 members (excludes halogenated alkanes) is 29. The van der Waals surface area contributed by atoms with Gasteiger partial charge in [-0.2, -0.15) is 0 Å². The lowest BCUT2D eigenvalue weighted by atomic mass is 10.0. The smallest absolute Gasteiger partial charge is 0.306 e. The quantitative estimate of drug-likeness (QED) is 0.0345. The number of nitrogens with zero attached hydrogens (tertiary/aromatic N) is 1. The molecule has 0 aliphatic rings. The van der Waals surface area contributed by atoms with E-state index in [2.05, 4.69) is 13.8 Å². The van der Waals surface area contributed by atoms with Crippen molar-refractivity contribution in [2.24, 2.45) is 0 Å². The van der Waals surface area contributed by atoms with Crippen LogP contribution in [0.1, 0.15) is 232 Å². The van der Waals surface area contributed by atoms with Gasteiger partial charge in [-0.25, -0.2) is 0 Å². The molecule has 0 saturated heterocycles. The molecule has 8 nitrogen and oxygen atoms in total. The maximum atomic E-state index is 12.7. The Morgan fingerprint density at radius 2 is 0.800 bits per heavy atom. The van der Waals surface area contributed by atoms with Crippen molar-refractivity contribution in [1.29, 1.82) is 0 Å². The molecule has 0 aliphatic carbocycles. The minimum absolute atomic E-state index is 0.0493. The van der Waals surface area contributed by atoms with E-state index in [0.717, 1.165) is 38.5 Å². The zero-order chi connectivity index (χ0) is 40.7. The van der Waals surface area contributed by atoms with Crippen molar-refractivity contribution in [3.05, 3.63) is 0 Å². The molecule has 8 heteroatoms. The van der Waals surface area contributed by atoms with E-state index >= 15 is 0 Å². The van der Waals surface area contributed by atoms with Crippen molar-refractivity contribution in [3.8, 4) is 0 Å². The molecule has 326 valence electrons. The predicted molar refractivity (Wildman–Crippen MR) is 227 cm³/mol. The molecule has 55 heavy (non-hydrogen) atoms. The number of hydrogen-bond acceptors (Lipinski definition) is 7. The molecule has 2 unspecified atom stereocenters. The van der Waals surface area contributed by atoms with Crippen molar-refractivity contribution in [2.45, 2.75) is 244 Å². The van der Waals surface area contributed by atoms with Crippen LogP contribution in [0.2, 0.25) is 0 Å². The van der Waals surface area contributed by atoms with Crippen LogP contribution in [0.5, 0.6) is 0 Å². The van der Waals surface area contributed by atoms with Gasteiger partial charge in [-0.3, -0.25) is 9.59 Å². The summed E-state index contributed by atoms with van der Waals surface area (Å²) in [4.78, 5) is 36.9. The molecule has 0 amide bonds. The second-order valence-corrected chi connectivity index (χ2v) is 17.4. The fourth-order valence-electron chi connectivity index (χ4n) is 7.31. The number of aliphatic carboxylic acids is 1. The summed E-state index contributed by atoms with van der Waals surface area (Å²) >= 11 is 0. The number of likely N-dealkylation sites (N-methyl/N-ethyl adjacent to an activating group) is 1. The number of carbonyl (C=O) groups is 3. The van der Waals surface area contributed by atoms with Gasteiger partial charge in [0, 0.05) is 19.3 Å². The first-order chi connectivity index (χ1) is 26.6. The Labute approximate surface area is 340 Å². The molecular formula is C47H91NO7. The Kier molecular flexibility index (Phi) is 38.0. The lowest BCUT2D eigenvalue weighted by molar-refractivity contribution is -0.889. The summed E-state index contributed by atoms with van der Waals surface area (Å²) in [6, 6.07) is -0.719. The highest BCUT2D eigenvalue weighted by Gasteiger charge is 2.25. The van der Waals surface area contributed by atoms with Gasteiger partial charge in [0.25, 0.3) is 0 Å². The highest BCUT2D eigenvalue weighted by atomic mass is 16.6. The molecule has 0 aromatic carbocycles. The molecular weight excluding hydrogens is 691 g/mol. The van der Waals surface area contributed by atoms with Crippen molar-refractivity contribution in [1.82, 2.24) is 0 Å². The van der Waals surface area contributed by atoms with Gasteiger partial charge in [-0.15, -0.1) is 0 Å². The predicted octanol–water partition coefficient (Wildman–Crippen LogP) is 11.6. The third-order valence-corrected chi connectivity index (χ3v) is 11.0. The van der Waals surface area contributed by atoms with Gasteiger partial charge in [-0.05, 0) is 12.8 Å². The van der Waals surface area contributed by atoms with Gasteiger partial charge in [0.2, 0.25) is 0 Å². The van der Waals surface area contributed by atoms with Gasteiger partial charge < -0.3 is 28.6 Å². The van der Waals surface area contributed by atoms with Crippen molar-refractivity contribution in [3.63, 3.8) is 0 Å². The molecule has 0 aromatic heterocycles. The average molecular weight is 782 g/mol. The summed E-state index contributed by atoms with van der Waals surface area (Å²) in [5.41, 5.74) is 0. The van der Waals surface area contributed by atoms with Gasteiger partial charge in [0.15, 0.2) is 6.10 Å². The number of ether oxygens (including phenoxy) is 3. The van der Waals surface area contributed by atoms with E-state index in [1.807, 2.05) is 21.1 Å². The van der Waals surface area contributed by atoms with E-state index in [4.69, 9.17) is 14.2 Å². The first-order valence-corrected chi connectivity index (χ1v) is 23.6. The number of hydrogen-bond donors (Lipinski definition) is 0. The van der Waals surface area contributed by atoms with Crippen LogP contribution in [0.3, 0.4) is 0 Å². The maximum Gasteiger partial charge on any atom is 0.306 e. The topological polar surface area (TPSA) is 102 Å². The Bertz CT molecular complexity index is 874. The summed E-state index contributed by atoms with van der Waals surface area (Å²) in [7, 11) is 5.42. The third-order valence-electron chi connectivity index (χ3n) is 11.0. The molecule has 0 aliphatic heterocycles. The number of quaternary nitrogens is 1. The minimum Gasteiger partial charge on any atom is -0.544 e. The molecule has 0 bridgehead atoms. The summed E-state index contributed by atoms with van der Waals surface area (Å²) in [6.07, 6.45) is 39.8. The summed E-state index contributed by atoms with van der Waals surface area (Å²) < 4.78 is 17.2. The van der Waals surface area contributed by atoms with Crippen molar-refractivity contribution < 1.29 is 38.2 Å². The summed E-state index contributed by atoms with van der Waals surface area (Å²) in [5.74, 6) is -1.71. The van der Waals surface area contributed by atoms with E-state index in [1.54, 1.807) is 0 Å². The number of carboxylic acid groups (broad SMARTS) is 1. The molecule has 2 atom stereocenters. The summed E-state index contributed by atoms with van der Waals surface area (Å²) in [5, 5.41) is 11.6. The monoisotopic (exact) mass is 782 g/mol. The van der Waals surface area contributed by atoms with E-state index < -0.39 is 18.1 Å². The first kappa shape index (κ1) is 53.3. The SMILES string of the molecule is CCCCCCCCCCCCCCCCCCCCCC(=O)OC(COCCC(C(=O)[O-])[N+](C)(C)C)COC(=O)CCCCCCCCCCCCCC. The summed E-state index contributed by atoms with van der Waals surface area (Å²) in [6.45, 7) is 4.70. The molecule has 0 saturated carbocycles. The van der Waals surface area contributed by atoms with Crippen LogP contribution in [0.15, 0.2) is 0 Å². The molecule has 0 rings (SSSR count). The normalized spacial score (nSPS) is 12.8. The van der Waals surface area contributed by atoms with Gasteiger partial charge in [0.1, 0.15) is 12.6 Å². The molecule has 0 aromatic rings. The lowest BCUT2D eigenvalue weighted by Crippen LogP contribution is -2.55. The fraction of sp³-hybridized carbons (Fsp3) is 0.936. The van der Waals surface area contributed by atoms with E-state index in [1.165, 1.54) is 161 Å². The van der Waals surface area contributed by atoms with Crippen molar-refractivity contribution >= 4 is 17.9 Å². The largest absolute Gasteiger partial charge is 0.544 e. The van der Waals surface area contributed by atoms with Crippen LogP contribution in [0.4, 0.5) is 0 Å². The van der Waals surface area contributed by atoms with Crippen LogP contribution >= 0.6 is 0 Å². The molecule has 0 heterocycles. The minimum atomic E-state index is -1.12. The van der Waals surface area contributed by atoms with Crippen LogP contribution in [0, 0.1) is 0 Å². The molecule has 0 fully saturated rings. The Morgan fingerprint density at radius 3 is 1.13 bits per heavy atom. The first-order valence-electron chi connectivity index (χ1n) is 23.6. The van der Waals surface area contributed by atoms with E-state index in [-0.39, 0.29) is 42.7 Å². The Morgan fingerprint density at radius 1 is 0.473 bits per heavy atom. The van der Waals surface area contributed by atoms with Crippen LogP contribution < -0.4 is 5.11 Å². The Hall–Kier alpha value is -1.67. The van der Waals surface area contributed by atoms with Gasteiger partial charge in [0.05, 0.1) is 40.3 Å². The number of carbonyl (C=O) groups excluding carboxylic acids is 3. The van der Waals surface area contributed by atoms with E-state index in [9.17, 15) is 19.5 Å². The number of carboxylic acids is 1. The maximum absolute atomic E-state index is 12.7. The number of esters is 2. The molecule has 0 N–H and O–H groups in total. The molecule has 0 spiro atoms. The van der Waals surface area contributed by atoms with Gasteiger partial charge in [-0.1, -0.05) is 200 Å². The zero-order valence-corrected chi connectivity index (χ0v) is 37.1. The fourth-order valence-corrected chi connectivity index (χ4v) is 7.31. The second kappa shape index (κ2) is 39.2.